The summed E-state index contributed by atoms with van der Waals surface area (Å²) in [5.74, 6) is -1.66. The third-order valence-electron chi connectivity index (χ3n) is 8.09. The predicted molar refractivity (Wildman–Crippen MR) is 173 cm³/mol. The Labute approximate surface area is 258 Å². The molecule has 0 aliphatic carbocycles. The minimum absolute atomic E-state index is 0.0532. The number of phosphoric ester groups is 1. The highest BCUT2D eigenvalue weighted by Gasteiger charge is 2.30. The van der Waals surface area contributed by atoms with Crippen molar-refractivity contribution in [3.63, 3.8) is 0 Å². The third kappa shape index (κ3) is 9.46. The van der Waals surface area contributed by atoms with Gasteiger partial charge in [0, 0.05) is 12.8 Å². The molecule has 0 aliphatic heterocycles. The van der Waals surface area contributed by atoms with Gasteiger partial charge < -0.3 is 20.5 Å². The van der Waals surface area contributed by atoms with Crippen LogP contribution in [0.25, 0.3) is 32.3 Å². The van der Waals surface area contributed by atoms with Gasteiger partial charge in [0.1, 0.15) is 6.04 Å². The molecule has 44 heavy (non-hydrogen) atoms. The lowest BCUT2D eigenvalue weighted by atomic mass is 9.90. The summed E-state index contributed by atoms with van der Waals surface area (Å²) in [7, 11) is -4.46. The number of esters is 1. The van der Waals surface area contributed by atoms with E-state index in [0.717, 1.165) is 32.1 Å². The summed E-state index contributed by atoms with van der Waals surface area (Å²) >= 11 is 0. The fourth-order valence-corrected chi connectivity index (χ4v) is 6.64. The van der Waals surface area contributed by atoms with Gasteiger partial charge in [0.05, 0.1) is 19.3 Å². The smallest absolute Gasteiger partial charge is 0.472 e. The molecule has 0 aromatic heterocycles. The third-order valence-corrected chi connectivity index (χ3v) is 9.20. The summed E-state index contributed by atoms with van der Waals surface area (Å²) in [6.45, 7) is 1.13. The van der Waals surface area contributed by atoms with Crippen LogP contribution in [0, 0.1) is 0 Å². The molecular weight excluding hydrogens is 581 g/mol. The highest BCUT2D eigenvalue weighted by Crippen LogP contribution is 2.45. The molecule has 0 amide bonds. The summed E-state index contributed by atoms with van der Waals surface area (Å²) in [4.78, 5) is 32.4. The van der Waals surface area contributed by atoms with Gasteiger partial charge in [-0.25, -0.2) is 4.57 Å². The molecule has 1 unspecified atom stereocenters. The van der Waals surface area contributed by atoms with E-state index in [0.29, 0.717) is 6.42 Å². The second-order valence-electron chi connectivity index (χ2n) is 11.5. The van der Waals surface area contributed by atoms with Gasteiger partial charge in [-0.2, -0.15) is 0 Å². The largest absolute Gasteiger partial charge is 0.480 e. The highest BCUT2D eigenvalue weighted by molar-refractivity contribution is 7.47. The lowest BCUT2D eigenvalue weighted by Gasteiger charge is -2.19. The number of carboxylic acids is 1. The SMILES string of the molecule is C[C@@H](OP(=O)(O)OCCCOC(=O)CCCCCCCCCCc1ccc2ccc3cccc4ccc1c2c34)[C@H](N)C(=O)O. The first-order chi connectivity index (χ1) is 21.2. The van der Waals surface area contributed by atoms with Gasteiger partial charge in [-0.15, -0.1) is 0 Å². The molecule has 0 spiro atoms. The Morgan fingerprint density at radius 3 is 2.07 bits per heavy atom. The predicted octanol–water partition coefficient (Wildman–Crippen LogP) is 7.50. The van der Waals surface area contributed by atoms with Crippen LogP contribution in [0.15, 0.2) is 54.6 Å². The van der Waals surface area contributed by atoms with Crippen molar-refractivity contribution in [2.75, 3.05) is 13.2 Å². The van der Waals surface area contributed by atoms with Crippen LogP contribution >= 0.6 is 7.82 Å². The lowest BCUT2D eigenvalue weighted by Crippen LogP contribution is -2.41. The summed E-state index contributed by atoms with van der Waals surface area (Å²) in [6, 6.07) is 18.6. The van der Waals surface area contributed by atoms with Crippen LogP contribution in [0.3, 0.4) is 0 Å². The van der Waals surface area contributed by atoms with Gasteiger partial charge in [-0.05, 0) is 64.1 Å². The average molecular weight is 626 g/mol. The minimum Gasteiger partial charge on any atom is -0.480 e. The van der Waals surface area contributed by atoms with Crippen LogP contribution in [0.5, 0.6) is 0 Å². The molecule has 4 aromatic rings. The number of carboxylic acid groups (broad SMARTS) is 1. The molecule has 4 N–H and O–H groups in total. The van der Waals surface area contributed by atoms with E-state index >= 15 is 0 Å². The molecule has 0 heterocycles. The molecule has 0 fully saturated rings. The number of hydrogen-bond acceptors (Lipinski definition) is 7. The molecule has 4 rings (SSSR count). The lowest BCUT2D eigenvalue weighted by molar-refractivity contribution is -0.144. The van der Waals surface area contributed by atoms with Gasteiger partial charge in [0.25, 0.3) is 0 Å². The fourth-order valence-electron chi connectivity index (χ4n) is 5.66. The number of hydrogen-bond donors (Lipinski definition) is 3. The molecule has 0 bridgehead atoms. The van der Waals surface area contributed by atoms with Crippen molar-refractivity contribution in [2.45, 2.75) is 89.7 Å². The normalized spacial score (nSPS) is 14.6. The van der Waals surface area contributed by atoms with E-state index < -0.39 is 25.9 Å². The Morgan fingerprint density at radius 1 is 0.795 bits per heavy atom. The zero-order valence-corrected chi connectivity index (χ0v) is 26.3. The van der Waals surface area contributed by atoms with E-state index in [1.165, 1.54) is 70.5 Å². The van der Waals surface area contributed by atoms with Crippen molar-refractivity contribution in [3.8, 4) is 0 Å². The number of benzene rings is 4. The second-order valence-corrected chi connectivity index (χ2v) is 12.9. The molecule has 3 atom stereocenters. The number of aliphatic carboxylic acids is 1. The number of phosphoric acid groups is 1. The number of carbonyl (C=O) groups is 2. The maximum absolute atomic E-state index is 11.9. The van der Waals surface area contributed by atoms with E-state index in [9.17, 15) is 19.0 Å². The summed E-state index contributed by atoms with van der Waals surface area (Å²) in [5, 5.41) is 16.9. The van der Waals surface area contributed by atoms with Crippen LogP contribution in [0.2, 0.25) is 0 Å². The average Bonchev–Trinajstić information content (AvgIpc) is 3.00. The van der Waals surface area contributed by atoms with Gasteiger partial charge in [0.2, 0.25) is 0 Å². The van der Waals surface area contributed by atoms with E-state index in [1.54, 1.807) is 0 Å². The molecule has 0 radical (unpaired) electrons. The zero-order valence-electron chi connectivity index (χ0n) is 25.4. The number of carbonyl (C=O) groups excluding carboxylic acids is 1. The van der Waals surface area contributed by atoms with E-state index in [2.05, 4.69) is 54.6 Å². The molecule has 10 heteroatoms. The van der Waals surface area contributed by atoms with Crippen molar-refractivity contribution in [1.29, 1.82) is 0 Å². The number of rotatable bonds is 20. The standard InChI is InChI=1S/C34H44NO8P/c1-24(33(35)34(37)38)43-44(39,40)42-23-11-22-41-30(36)15-9-7-5-3-2-4-6-8-12-25-16-17-28-19-18-26-13-10-14-27-20-21-29(25)32(28)31(26)27/h10,13-14,16-21,24,33H,2-9,11-12,15,22-23,35H2,1H3,(H,37,38)(H,39,40)/t24-,33+/m1/s1. The first kappa shape index (κ1) is 33.8. The van der Waals surface area contributed by atoms with Gasteiger partial charge in [-0.1, -0.05) is 93.1 Å². The Hall–Kier alpha value is -3.07. The van der Waals surface area contributed by atoms with Crippen molar-refractivity contribution >= 4 is 52.1 Å². The fraction of sp³-hybridized carbons (Fsp3) is 0.471. The van der Waals surface area contributed by atoms with Crippen LogP contribution < -0.4 is 5.73 Å². The number of nitrogens with two attached hydrogens (primary N) is 1. The maximum Gasteiger partial charge on any atom is 0.472 e. The first-order valence-corrected chi connectivity index (χ1v) is 17.1. The van der Waals surface area contributed by atoms with Crippen LogP contribution in [0.4, 0.5) is 0 Å². The molecule has 0 saturated carbocycles. The molecule has 0 aliphatic rings. The number of ether oxygens (including phenoxy) is 1. The molecule has 238 valence electrons. The van der Waals surface area contributed by atoms with Crippen molar-refractivity contribution < 1.29 is 37.9 Å². The zero-order chi connectivity index (χ0) is 31.5. The van der Waals surface area contributed by atoms with Crippen molar-refractivity contribution in [2.24, 2.45) is 5.73 Å². The topological polar surface area (TPSA) is 145 Å². The number of unbranched alkanes of at least 4 members (excludes halogenated alkanes) is 7. The Balaban J connectivity index is 1.01. The molecule has 4 aromatic carbocycles. The Morgan fingerprint density at radius 2 is 1.39 bits per heavy atom. The molecule has 9 nitrogen and oxygen atoms in total. The van der Waals surface area contributed by atoms with E-state index in [4.69, 9.17) is 24.6 Å². The van der Waals surface area contributed by atoms with Gasteiger partial charge in [-0.3, -0.25) is 18.6 Å². The second kappa shape index (κ2) is 16.3. The highest BCUT2D eigenvalue weighted by atomic mass is 31.2. The van der Waals surface area contributed by atoms with E-state index in [-0.39, 0.29) is 25.6 Å². The summed E-state index contributed by atoms with van der Waals surface area (Å²) < 4.78 is 26.5. The molecular formula is C34H44NO8P. The maximum atomic E-state index is 11.9. The minimum atomic E-state index is -4.46. The van der Waals surface area contributed by atoms with E-state index in [1.807, 2.05) is 0 Å². The van der Waals surface area contributed by atoms with Crippen LogP contribution in [-0.2, 0) is 34.4 Å². The van der Waals surface area contributed by atoms with Crippen LogP contribution in [-0.4, -0.2) is 47.3 Å². The summed E-state index contributed by atoms with van der Waals surface area (Å²) in [6.07, 6.45) is 9.22. The molecule has 0 saturated heterocycles. The van der Waals surface area contributed by atoms with Gasteiger partial charge in [0.15, 0.2) is 0 Å². The Bertz CT molecular complexity index is 1560. The van der Waals surface area contributed by atoms with Crippen molar-refractivity contribution in [1.82, 2.24) is 0 Å². The first-order valence-electron chi connectivity index (χ1n) is 15.6. The Kier molecular flexibility index (Phi) is 12.5. The number of aryl methyl sites for hydroxylation is 1. The quantitative estimate of drug-likeness (QED) is 0.0393. The van der Waals surface area contributed by atoms with Gasteiger partial charge >= 0.3 is 19.8 Å². The van der Waals surface area contributed by atoms with Crippen molar-refractivity contribution in [3.05, 3.63) is 60.2 Å². The van der Waals surface area contributed by atoms with Crippen LogP contribution in [0.1, 0.15) is 76.7 Å². The monoisotopic (exact) mass is 625 g/mol. The summed E-state index contributed by atoms with van der Waals surface area (Å²) in [5.41, 5.74) is 6.79.